The molecule has 1 aliphatic heterocycles. The third kappa shape index (κ3) is 3.86. The van der Waals surface area contributed by atoms with Crippen molar-refractivity contribution in [1.29, 1.82) is 0 Å². The second-order valence-electron chi connectivity index (χ2n) is 6.90. The number of hydrogen-bond donors (Lipinski definition) is 2. The number of cyclic esters (lactones) is 1. The molecular weight excluding hydrogens is 383 g/mol. The Morgan fingerprint density at radius 1 is 1.18 bits per heavy atom. The van der Waals surface area contributed by atoms with Gasteiger partial charge in [0, 0.05) is 5.92 Å². The van der Waals surface area contributed by atoms with Crippen LogP contribution in [-0.4, -0.2) is 14.5 Å². The summed E-state index contributed by atoms with van der Waals surface area (Å²) in [6.45, 7) is 0. The first-order chi connectivity index (χ1) is 13.2. The van der Waals surface area contributed by atoms with Gasteiger partial charge in [-0.05, 0) is 60.6 Å². The highest BCUT2D eigenvalue weighted by molar-refractivity contribution is 7.89. The minimum atomic E-state index is -3.75. The Hall–Kier alpha value is -2.89. The van der Waals surface area contributed by atoms with Crippen LogP contribution >= 0.6 is 0 Å². The number of sulfonamides is 1. The number of nitrogens with one attached hydrogen (secondary N) is 1. The molecule has 6 nitrogen and oxygen atoms in total. The lowest BCUT2D eigenvalue weighted by Crippen LogP contribution is -2.35. The third-order valence-corrected chi connectivity index (χ3v) is 5.50. The van der Waals surface area contributed by atoms with E-state index in [-0.39, 0.29) is 16.4 Å². The number of carbonyl (C=O) groups is 1. The SMILES string of the molecule is NS(=O)(=O)c1ccc(Cc2ccc3c(c2)NC(=O)O[C@]3(F)C#CC2CC2)cc1. The maximum atomic E-state index is 15.2. The van der Waals surface area contributed by atoms with Crippen molar-refractivity contribution in [1.82, 2.24) is 0 Å². The molecule has 1 saturated carbocycles. The maximum absolute atomic E-state index is 15.2. The van der Waals surface area contributed by atoms with E-state index in [1.165, 1.54) is 12.1 Å². The topological polar surface area (TPSA) is 98.5 Å². The van der Waals surface area contributed by atoms with Crippen molar-refractivity contribution in [2.24, 2.45) is 11.1 Å². The summed E-state index contributed by atoms with van der Waals surface area (Å²) >= 11 is 0. The second-order valence-corrected chi connectivity index (χ2v) is 8.46. The molecule has 1 heterocycles. The normalized spacial score (nSPS) is 21.0. The monoisotopic (exact) mass is 400 g/mol. The molecule has 0 unspecified atom stereocenters. The average Bonchev–Trinajstić information content (AvgIpc) is 3.44. The Labute approximate surface area is 161 Å². The van der Waals surface area contributed by atoms with Gasteiger partial charge < -0.3 is 4.74 Å². The van der Waals surface area contributed by atoms with Gasteiger partial charge in [0.15, 0.2) is 0 Å². The van der Waals surface area contributed by atoms with E-state index < -0.39 is 22.0 Å². The van der Waals surface area contributed by atoms with E-state index in [0.29, 0.717) is 12.1 Å². The fourth-order valence-corrected chi connectivity index (χ4v) is 3.47. The lowest BCUT2D eigenvalue weighted by atomic mass is 9.98. The molecular formula is C20H17FN2O4S. The van der Waals surface area contributed by atoms with E-state index in [1.807, 2.05) is 0 Å². The van der Waals surface area contributed by atoms with Gasteiger partial charge in [0.25, 0.3) is 0 Å². The number of carbonyl (C=O) groups excluding carboxylic acids is 1. The lowest BCUT2D eigenvalue weighted by molar-refractivity contribution is -0.0486. The molecule has 0 spiro atoms. The molecule has 2 aromatic rings. The zero-order chi connectivity index (χ0) is 19.9. The number of fused-ring (bicyclic) bond motifs is 1. The molecule has 0 saturated heterocycles. The first-order valence-electron chi connectivity index (χ1n) is 8.70. The van der Waals surface area contributed by atoms with Crippen molar-refractivity contribution in [2.45, 2.75) is 30.0 Å². The number of rotatable bonds is 3. The van der Waals surface area contributed by atoms with E-state index in [1.54, 1.807) is 30.3 Å². The summed E-state index contributed by atoms with van der Waals surface area (Å²) < 4.78 is 42.7. The molecule has 1 fully saturated rings. The van der Waals surface area contributed by atoms with Gasteiger partial charge in [0.05, 0.1) is 16.1 Å². The molecule has 1 atom stereocenters. The van der Waals surface area contributed by atoms with Gasteiger partial charge in [-0.15, -0.1) is 0 Å². The smallest absolute Gasteiger partial charge is 0.396 e. The summed E-state index contributed by atoms with van der Waals surface area (Å²) in [6.07, 6.45) is 1.44. The molecule has 0 bridgehead atoms. The summed E-state index contributed by atoms with van der Waals surface area (Å²) in [5, 5.41) is 7.60. The number of alkyl halides is 1. The first kappa shape index (κ1) is 18.5. The van der Waals surface area contributed by atoms with Crippen molar-refractivity contribution in [3.8, 4) is 11.8 Å². The number of amides is 1. The van der Waals surface area contributed by atoms with E-state index in [0.717, 1.165) is 24.0 Å². The highest BCUT2D eigenvalue weighted by atomic mass is 32.2. The summed E-state index contributed by atoms with van der Waals surface area (Å²) in [4.78, 5) is 11.8. The van der Waals surface area contributed by atoms with Gasteiger partial charge in [-0.2, -0.15) is 4.39 Å². The van der Waals surface area contributed by atoms with Gasteiger partial charge in [-0.25, -0.2) is 18.4 Å². The molecule has 144 valence electrons. The molecule has 1 aliphatic carbocycles. The third-order valence-electron chi connectivity index (χ3n) is 4.58. The molecule has 0 radical (unpaired) electrons. The number of nitrogens with two attached hydrogens (primary N) is 1. The molecule has 4 rings (SSSR count). The van der Waals surface area contributed by atoms with Crippen LogP contribution in [0.25, 0.3) is 0 Å². The van der Waals surface area contributed by atoms with Crippen molar-refractivity contribution < 1.29 is 22.3 Å². The summed E-state index contributed by atoms with van der Waals surface area (Å²) in [5.41, 5.74) is 2.11. The highest BCUT2D eigenvalue weighted by Crippen LogP contribution is 2.38. The standard InChI is InChI=1S/C20H17FN2O4S/c21-20(10-9-13-1-2-13)17-8-5-15(12-18(17)23-19(24)27-20)11-14-3-6-16(7-4-14)28(22,25)26/h3-8,12-13H,1-2,11H2,(H,23,24)(H2,22,25,26)/t20-/m1/s1. The Kier molecular flexibility index (Phi) is 4.37. The van der Waals surface area contributed by atoms with Gasteiger partial charge in [0.1, 0.15) is 0 Å². The molecule has 2 aromatic carbocycles. The number of ether oxygens (including phenoxy) is 1. The van der Waals surface area contributed by atoms with E-state index in [9.17, 15) is 13.2 Å². The molecule has 3 N–H and O–H groups in total. The van der Waals surface area contributed by atoms with Gasteiger partial charge >= 0.3 is 11.9 Å². The van der Waals surface area contributed by atoms with E-state index in [2.05, 4.69) is 17.2 Å². The minimum absolute atomic E-state index is 0.0301. The van der Waals surface area contributed by atoms with Crippen LogP contribution in [0.1, 0.15) is 29.5 Å². The number of hydrogen-bond acceptors (Lipinski definition) is 4. The van der Waals surface area contributed by atoms with Crippen molar-refractivity contribution in [2.75, 3.05) is 5.32 Å². The van der Waals surface area contributed by atoms with Crippen molar-refractivity contribution in [3.63, 3.8) is 0 Å². The zero-order valence-corrected chi connectivity index (χ0v) is 15.6. The van der Waals surface area contributed by atoms with Crippen LogP contribution in [0.4, 0.5) is 14.9 Å². The molecule has 28 heavy (non-hydrogen) atoms. The number of primary sulfonamides is 1. The van der Waals surface area contributed by atoms with Crippen LogP contribution in [0.3, 0.4) is 0 Å². The fourth-order valence-electron chi connectivity index (χ4n) is 2.95. The Bertz CT molecular complexity index is 1120. The van der Waals surface area contributed by atoms with Crippen LogP contribution in [0.2, 0.25) is 0 Å². The quantitative estimate of drug-likeness (QED) is 0.774. The molecule has 8 heteroatoms. The Balaban J connectivity index is 1.61. The molecule has 1 amide bonds. The average molecular weight is 400 g/mol. The van der Waals surface area contributed by atoms with Gasteiger partial charge in [0.2, 0.25) is 10.0 Å². The van der Waals surface area contributed by atoms with Gasteiger partial charge in [-0.3, -0.25) is 5.32 Å². The first-order valence-corrected chi connectivity index (χ1v) is 10.2. The zero-order valence-electron chi connectivity index (χ0n) is 14.7. The predicted molar refractivity (Wildman–Crippen MR) is 100 cm³/mol. The van der Waals surface area contributed by atoms with Crippen LogP contribution in [-0.2, 0) is 27.0 Å². The summed E-state index contributed by atoms with van der Waals surface area (Å²) in [5.74, 6) is 2.99. The lowest BCUT2D eigenvalue weighted by Gasteiger charge is -2.28. The highest BCUT2D eigenvalue weighted by Gasteiger charge is 2.41. The number of benzene rings is 2. The van der Waals surface area contributed by atoms with E-state index in [4.69, 9.17) is 9.88 Å². The predicted octanol–water partition coefficient (Wildman–Crippen LogP) is 3.02. The van der Waals surface area contributed by atoms with Crippen LogP contribution in [0, 0.1) is 17.8 Å². The summed E-state index contributed by atoms with van der Waals surface area (Å²) in [7, 11) is -3.75. The van der Waals surface area contributed by atoms with Crippen LogP contribution in [0.5, 0.6) is 0 Å². The van der Waals surface area contributed by atoms with Crippen molar-refractivity contribution in [3.05, 3.63) is 59.2 Å². The molecule has 2 aliphatic rings. The summed E-state index contributed by atoms with van der Waals surface area (Å²) in [6, 6.07) is 11.1. The van der Waals surface area contributed by atoms with E-state index >= 15 is 4.39 Å². The Morgan fingerprint density at radius 2 is 1.86 bits per heavy atom. The van der Waals surface area contributed by atoms with Crippen LogP contribution in [0.15, 0.2) is 47.4 Å². The van der Waals surface area contributed by atoms with Crippen molar-refractivity contribution >= 4 is 21.8 Å². The number of halogens is 1. The minimum Gasteiger partial charge on any atom is -0.396 e. The number of anilines is 1. The van der Waals surface area contributed by atoms with Crippen LogP contribution < -0.4 is 10.5 Å². The largest absolute Gasteiger partial charge is 0.415 e. The fraction of sp³-hybridized carbons (Fsp3) is 0.250. The van der Waals surface area contributed by atoms with Gasteiger partial charge in [-0.1, -0.05) is 24.1 Å². The maximum Gasteiger partial charge on any atom is 0.415 e. The Morgan fingerprint density at radius 3 is 2.50 bits per heavy atom. The molecule has 0 aromatic heterocycles. The second kappa shape index (κ2) is 6.62.